The lowest BCUT2D eigenvalue weighted by molar-refractivity contribution is -0.135. The number of benzene rings is 1. The Morgan fingerprint density at radius 2 is 1.62 bits per heavy atom. The molecular weight excluding hydrogens is 392 g/mol. The summed E-state index contributed by atoms with van der Waals surface area (Å²) in [4.78, 5) is 14.4. The van der Waals surface area contributed by atoms with Crippen LogP contribution in [0.25, 0.3) is 0 Å². The van der Waals surface area contributed by atoms with E-state index in [0.717, 1.165) is 36.0 Å². The van der Waals surface area contributed by atoms with Crippen LogP contribution in [0.1, 0.15) is 31.2 Å². The van der Waals surface area contributed by atoms with E-state index in [0.29, 0.717) is 25.9 Å². The molecular formula is C17H23BrN2O3S. The van der Waals surface area contributed by atoms with Gasteiger partial charge in [-0.1, -0.05) is 28.1 Å². The van der Waals surface area contributed by atoms with Crippen LogP contribution in [0.3, 0.4) is 0 Å². The van der Waals surface area contributed by atoms with Crippen molar-refractivity contribution in [2.45, 2.75) is 31.4 Å². The Morgan fingerprint density at radius 3 is 2.21 bits per heavy atom. The maximum absolute atomic E-state index is 12.6. The average Bonchev–Trinajstić information content (AvgIpc) is 3.11. The molecule has 7 heteroatoms. The molecule has 2 heterocycles. The van der Waals surface area contributed by atoms with E-state index >= 15 is 0 Å². The molecule has 0 atom stereocenters. The second kappa shape index (κ2) is 7.54. The van der Waals surface area contributed by atoms with Gasteiger partial charge in [0, 0.05) is 36.6 Å². The molecule has 0 aliphatic carbocycles. The molecule has 24 heavy (non-hydrogen) atoms. The Morgan fingerprint density at radius 1 is 1.04 bits per heavy atom. The first-order valence-corrected chi connectivity index (χ1v) is 10.9. The van der Waals surface area contributed by atoms with Gasteiger partial charge in [0.25, 0.3) is 0 Å². The molecule has 3 rings (SSSR count). The van der Waals surface area contributed by atoms with Gasteiger partial charge in [-0.3, -0.25) is 4.79 Å². The van der Waals surface area contributed by atoms with Crippen LogP contribution in [-0.2, 0) is 20.6 Å². The van der Waals surface area contributed by atoms with Gasteiger partial charge in [-0.25, -0.2) is 12.7 Å². The highest BCUT2D eigenvalue weighted by molar-refractivity contribution is 9.10. The summed E-state index contributed by atoms with van der Waals surface area (Å²) in [6.07, 6.45) is 3.45. The van der Waals surface area contributed by atoms with Crippen LogP contribution in [0.15, 0.2) is 28.7 Å². The van der Waals surface area contributed by atoms with Crippen LogP contribution in [0.5, 0.6) is 0 Å². The highest BCUT2D eigenvalue weighted by Crippen LogP contribution is 2.25. The number of halogens is 1. The van der Waals surface area contributed by atoms with Gasteiger partial charge in [0.15, 0.2) is 0 Å². The fourth-order valence-corrected chi connectivity index (χ4v) is 5.29. The molecule has 0 aromatic heterocycles. The first-order chi connectivity index (χ1) is 11.5. The van der Waals surface area contributed by atoms with E-state index in [2.05, 4.69) is 15.9 Å². The molecule has 0 saturated carbocycles. The predicted molar refractivity (Wildman–Crippen MR) is 96.9 cm³/mol. The summed E-state index contributed by atoms with van der Waals surface area (Å²) in [5.41, 5.74) is 0.786. The summed E-state index contributed by atoms with van der Waals surface area (Å²) in [6, 6.07) is 7.36. The van der Waals surface area contributed by atoms with Crippen molar-refractivity contribution >= 4 is 31.9 Å². The normalized spacial score (nSPS) is 20.5. The fourth-order valence-electron chi connectivity index (χ4n) is 3.46. The van der Waals surface area contributed by atoms with Gasteiger partial charge >= 0.3 is 0 Å². The highest BCUT2D eigenvalue weighted by Gasteiger charge is 2.33. The number of hydrogen-bond donors (Lipinski definition) is 0. The summed E-state index contributed by atoms with van der Waals surface area (Å²) < 4.78 is 27.7. The molecule has 1 aromatic carbocycles. The second-order valence-electron chi connectivity index (χ2n) is 6.59. The molecule has 0 unspecified atom stereocenters. The summed E-state index contributed by atoms with van der Waals surface area (Å²) in [5.74, 6) is 0.227. The third-order valence-electron chi connectivity index (χ3n) is 4.88. The molecule has 5 nitrogen and oxygen atoms in total. The molecule has 0 radical (unpaired) electrons. The number of likely N-dealkylation sites (tertiary alicyclic amines) is 1. The Bertz CT molecular complexity index is 676. The van der Waals surface area contributed by atoms with Crippen molar-refractivity contribution in [3.8, 4) is 0 Å². The largest absolute Gasteiger partial charge is 0.342 e. The zero-order chi connectivity index (χ0) is 17.2. The van der Waals surface area contributed by atoms with E-state index in [4.69, 9.17) is 0 Å². The lowest BCUT2D eigenvalue weighted by atomic mass is 9.97. The van der Waals surface area contributed by atoms with Crippen LogP contribution in [0.2, 0.25) is 0 Å². The molecule has 2 saturated heterocycles. The minimum atomic E-state index is -3.32. The summed E-state index contributed by atoms with van der Waals surface area (Å²) in [6.45, 7) is 2.62. The molecule has 0 N–H and O–H groups in total. The van der Waals surface area contributed by atoms with Crippen molar-refractivity contribution < 1.29 is 13.2 Å². The highest BCUT2D eigenvalue weighted by atomic mass is 79.9. The third-order valence-corrected chi connectivity index (χ3v) is 7.26. The summed E-state index contributed by atoms with van der Waals surface area (Å²) in [7, 11) is -3.32. The maximum atomic E-state index is 12.6. The molecule has 0 bridgehead atoms. The van der Waals surface area contributed by atoms with Crippen LogP contribution in [0.4, 0.5) is 0 Å². The molecule has 1 aromatic rings. The lowest BCUT2D eigenvalue weighted by Gasteiger charge is -2.32. The number of amides is 1. The maximum Gasteiger partial charge on any atom is 0.225 e. The van der Waals surface area contributed by atoms with E-state index in [1.807, 2.05) is 29.2 Å². The predicted octanol–water partition coefficient (Wildman–Crippen LogP) is 2.61. The number of hydrogen-bond acceptors (Lipinski definition) is 3. The lowest BCUT2D eigenvalue weighted by Crippen LogP contribution is -2.44. The van der Waals surface area contributed by atoms with Gasteiger partial charge in [-0.05, 0) is 43.4 Å². The Labute approximate surface area is 152 Å². The van der Waals surface area contributed by atoms with Crippen LogP contribution in [-0.4, -0.2) is 49.7 Å². The van der Waals surface area contributed by atoms with Crippen molar-refractivity contribution in [3.05, 3.63) is 34.3 Å². The standard InChI is InChI=1S/C17H23BrN2O3S/c18-16-5-3-14(4-6-16)13-24(22,23)20-11-7-15(8-12-20)17(21)19-9-1-2-10-19/h3-6,15H,1-2,7-13H2. The van der Waals surface area contributed by atoms with Gasteiger partial charge in [-0.15, -0.1) is 0 Å². The molecule has 132 valence electrons. The Hall–Kier alpha value is -0.920. The summed E-state index contributed by atoms with van der Waals surface area (Å²) in [5, 5.41) is 0. The van der Waals surface area contributed by atoms with E-state index in [-0.39, 0.29) is 17.6 Å². The van der Waals surface area contributed by atoms with Gasteiger partial charge in [0.1, 0.15) is 0 Å². The quantitative estimate of drug-likeness (QED) is 0.760. The molecule has 2 fully saturated rings. The fraction of sp³-hybridized carbons (Fsp3) is 0.588. The van der Waals surface area contributed by atoms with E-state index in [9.17, 15) is 13.2 Å². The molecule has 2 aliphatic heterocycles. The SMILES string of the molecule is O=C(C1CCN(S(=O)(=O)Cc2ccc(Br)cc2)CC1)N1CCCC1. The first kappa shape index (κ1) is 17.9. The monoisotopic (exact) mass is 414 g/mol. The number of rotatable bonds is 4. The second-order valence-corrected chi connectivity index (χ2v) is 9.47. The first-order valence-electron chi connectivity index (χ1n) is 8.47. The van der Waals surface area contributed by atoms with Crippen molar-refractivity contribution in [1.29, 1.82) is 0 Å². The van der Waals surface area contributed by atoms with Crippen molar-refractivity contribution in [2.24, 2.45) is 5.92 Å². The van der Waals surface area contributed by atoms with Crippen molar-refractivity contribution in [1.82, 2.24) is 9.21 Å². The summed E-state index contributed by atoms with van der Waals surface area (Å²) >= 11 is 3.35. The smallest absolute Gasteiger partial charge is 0.225 e. The van der Waals surface area contributed by atoms with Gasteiger partial charge in [0.05, 0.1) is 5.75 Å². The van der Waals surface area contributed by atoms with Crippen LogP contribution >= 0.6 is 15.9 Å². The zero-order valence-corrected chi connectivity index (χ0v) is 16.1. The number of carbonyl (C=O) groups excluding carboxylic acids is 1. The Balaban J connectivity index is 1.56. The molecule has 0 spiro atoms. The minimum absolute atomic E-state index is 0.0118. The van der Waals surface area contributed by atoms with Crippen LogP contribution < -0.4 is 0 Å². The number of piperidine rings is 1. The van der Waals surface area contributed by atoms with Gasteiger partial charge < -0.3 is 4.90 Å². The zero-order valence-electron chi connectivity index (χ0n) is 13.7. The number of nitrogens with zero attached hydrogens (tertiary/aromatic N) is 2. The Kier molecular flexibility index (Phi) is 5.62. The van der Waals surface area contributed by atoms with Crippen molar-refractivity contribution in [3.63, 3.8) is 0 Å². The minimum Gasteiger partial charge on any atom is -0.342 e. The average molecular weight is 415 g/mol. The van der Waals surface area contributed by atoms with Crippen LogP contribution in [0, 0.1) is 5.92 Å². The van der Waals surface area contributed by atoms with E-state index < -0.39 is 10.0 Å². The number of carbonyl (C=O) groups is 1. The third kappa shape index (κ3) is 4.18. The van der Waals surface area contributed by atoms with Gasteiger partial charge in [-0.2, -0.15) is 0 Å². The molecule has 1 amide bonds. The topological polar surface area (TPSA) is 57.7 Å². The van der Waals surface area contributed by atoms with Crippen molar-refractivity contribution in [2.75, 3.05) is 26.2 Å². The van der Waals surface area contributed by atoms with E-state index in [1.165, 1.54) is 0 Å². The van der Waals surface area contributed by atoms with E-state index in [1.54, 1.807) is 4.31 Å². The molecule has 2 aliphatic rings. The van der Waals surface area contributed by atoms with Gasteiger partial charge in [0.2, 0.25) is 15.9 Å². The number of sulfonamides is 1.